The lowest BCUT2D eigenvalue weighted by molar-refractivity contribution is -0.134. The number of methoxy groups -OCH3 is 1. The highest BCUT2D eigenvalue weighted by atomic mass is 16.5. The van der Waals surface area contributed by atoms with Gasteiger partial charge in [-0.05, 0) is 12.1 Å². The quantitative estimate of drug-likeness (QED) is 0.405. The molecule has 1 aromatic rings. The number of anilines is 1. The molecule has 0 saturated carbocycles. The van der Waals surface area contributed by atoms with Gasteiger partial charge in [0.05, 0.1) is 7.11 Å². The molecule has 2 N–H and O–H groups in total. The number of para-hydroxylation sites is 1. The molecule has 70 valence electrons. The first-order valence-corrected chi connectivity index (χ1v) is 3.71. The predicted octanol–water partition coefficient (Wildman–Crippen LogP) is 1.61. The van der Waals surface area contributed by atoms with Gasteiger partial charge < -0.3 is 10.5 Å². The van der Waals surface area contributed by atoms with Crippen LogP contribution in [0.4, 0.5) is 5.69 Å². The first-order valence-electron chi connectivity index (χ1n) is 3.71. The molecular weight excluding hydrogens is 166 g/mol. The van der Waals surface area contributed by atoms with Crippen LogP contribution in [-0.4, -0.2) is 13.1 Å². The van der Waals surface area contributed by atoms with Gasteiger partial charge >= 0.3 is 5.97 Å². The normalized spacial score (nSPS) is 7.77. The number of rotatable bonds is 1. The Balaban J connectivity index is 0.000000226. The van der Waals surface area contributed by atoms with Crippen molar-refractivity contribution in [1.29, 1.82) is 0 Å². The second-order valence-electron chi connectivity index (χ2n) is 2.14. The third kappa shape index (κ3) is 6.62. The lowest BCUT2D eigenvalue weighted by Crippen LogP contribution is -1.91. The van der Waals surface area contributed by atoms with Crippen LogP contribution in [0.25, 0.3) is 0 Å². The van der Waals surface area contributed by atoms with Crippen molar-refractivity contribution in [2.45, 2.75) is 0 Å². The summed E-state index contributed by atoms with van der Waals surface area (Å²) in [7, 11) is 1.31. The van der Waals surface area contributed by atoms with Gasteiger partial charge in [-0.1, -0.05) is 24.8 Å². The fraction of sp³-hybridized carbons (Fsp3) is 0.100. The number of nitrogen functional groups attached to an aromatic ring is 1. The van der Waals surface area contributed by atoms with Crippen molar-refractivity contribution in [2.75, 3.05) is 12.8 Å². The summed E-state index contributed by atoms with van der Waals surface area (Å²) < 4.78 is 4.14. The molecule has 0 heterocycles. The highest BCUT2D eigenvalue weighted by molar-refractivity contribution is 5.80. The number of benzene rings is 1. The Morgan fingerprint density at radius 2 is 2.00 bits per heavy atom. The van der Waals surface area contributed by atoms with E-state index in [4.69, 9.17) is 5.73 Å². The largest absolute Gasteiger partial charge is 0.466 e. The van der Waals surface area contributed by atoms with Crippen molar-refractivity contribution in [2.24, 2.45) is 0 Å². The Morgan fingerprint density at radius 1 is 1.46 bits per heavy atom. The van der Waals surface area contributed by atoms with E-state index in [9.17, 15) is 4.79 Å². The number of ether oxygens (including phenoxy) is 1. The molecule has 0 atom stereocenters. The smallest absolute Gasteiger partial charge is 0.329 e. The van der Waals surface area contributed by atoms with Crippen molar-refractivity contribution >= 4 is 11.7 Å². The Kier molecular flexibility index (Phi) is 5.97. The first-order chi connectivity index (χ1) is 6.20. The van der Waals surface area contributed by atoms with E-state index in [1.54, 1.807) is 0 Å². The molecule has 0 aliphatic rings. The fourth-order valence-electron chi connectivity index (χ4n) is 0.536. The van der Waals surface area contributed by atoms with Crippen molar-refractivity contribution in [1.82, 2.24) is 0 Å². The maximum absolute atomic E-state index is 9.84. The van der Waals surface area contributed by atoms with Crippen LogP contribution < -0.4 is 5.73 Å². The maximum atomic E-state index is 9.84. The van der Waals surface area contributed by atoms with Crippen LogP contribution in [-0.2, 0) is 9.53 Å². The Morgan fingerprint density at radius 3 is 2.15 bits per heavy atom. The van der Waals surface area contributed by atoms with Gasteiger partial charge in [-0.25, -0.2) is 4.79 Å². The second-order valence-corrected chi connectivity index (χ2v) is 2.14. The summed E-state index contributed by atoms with van der Waals surface area (Å²) >= 11 is 0. The van der Waals surface area contributed by atoms with E-state index in [1.807, 2.05) is 30.3 Å². The summed E-state index contributed by atoms with van der Waals surface area (Å²) in [5.74, 6) is -0.394. The molecule has 1 rings (SSSR count). The zero-order valence-electron chi connectivity index (χ0n) is 7.57. The standard InChI is InChI=1S/C6H7N.C4H6O2/c7-6-4-2-1-3-5-6;1-3-4(5)6-2/h1-5H,7H2;3H,1H2,2H3. The fourth-order valence-corrected chi connectivity index (χ4v) is 0.536. The molecule has 0 aromatic heterocycles. The molecule has 3 heteroatoms. The Labute approximate surface area is 77.8 Å². The van der Waals surface area contributed by atoms with Crippen LogP contribution in [0.5, 0.6) is 0 Å². The molecule has 0 unspecified atom stereocenters. The Hall–Kier alpha value is -1.77. The molecule has 0 aliphatic carbocycles. The highest BCUT2D eigenvalue weighted by Gasteiger charge is 1.81. The molecule has 1 aromatic carbocycles. The van der Waals surface area contributed by atoms with Crippen LogP contribution in [0, 0.1) is 0 Å². The van der Waals surface area contributed by atoms with Crippen molar-refractivity contribution in [3.05, 3.63) is 43.0 Å². The van der Waals surface area contributed by atoms with Crippen LogP contribution in [0.3, 0.4) is 0 Å². The van der Waals surface area contributed by atoms with Gasteiger partial charge in [-0.15, -0.1) is 0 Å². The summed E-state index contributed by atoms with van der Waals surface area (Å²) in [4.78, 5) is 9.84. The van der Waals surface area contributed by atoms with Gasteiger partial charge in [0.2, 0.25) is 0 Å². The predicted molar refractivity (Wildman–Crippen MR) is 53.1 cm³/mol. The second kappa shape index (κ2) is 6.91. The van der Waals surface area contributed by atoms with Crippen LogP contribution >= 0.6 is 0 Å². The summed E-state index contributed by atoms with van der Waals surface area (Å²) in [6.07, 6.45) is 1.11. The van der Waals surface area contributed by atoms with Crippen molar-refractivity contribution in [3.63, 3.8) is 0 Å². The highest BCUT2D eigenvalue weighted by Crippen LogP contribution is 1.95. The molecule has 0 fully saturated rings. The molecule has 0 bridgehead atoms. The molecule has 0 saturated heterocycles. The zero-order chi connectivity index (χ0) is 10.1. The van der Waals surface area contributed by atoms with Gasteiger partial charge in [0.1, 0.15) is 0 Å². The summed E-state index contributed by atoms with van der Waals surface area (Å²) in [6.45, 7) is 3.16. The average molecular weight is 179 g/mol. The number of nitrogens with two attached hydrogens (primary N) is 1. The molecular formula is C10H13NO2. The zero-order valence-corrected chi connectivity index (χ0v) is 7.57. The summed E-state index contributed by atoms with van der Waals surface area (Å²) in [5.41, 5.74) is 6.18. The average Bonchev–Trinajstić information content (AvgIpc) is 2.19. The molecule has 0 amide bonds. The lowest BCUT2D eigenvalue weighted by Gasteiger charge is -1.83. The molecule has 3 nitrogen and oxygen atoms in total. The van der Waals surface area contributed by atoms with E-state index in [0.717, 1.165) is 11.8 Å². The number of carbonyl (C=O) groups is 1. The van der Waals surface area contributed by atoms with Gasteiger partial charge in [0.15, 0.2) is 0 Å². The minimum Gasteiger partial charge on any atom is -0.466 e. The SMILES string of the molecule is C=CC(=O)OC.Nc1ccccc1. The Bertz CT molecular complexity index is 257. The lowest BCUT2D eigenvalue weighted by atomic mass is 10.3. The van der Waals surface area contributed by atoms with Crippen LogP contribution in [0.15, 0.2) is 43.0 Å². The van der Waals surface area contributed by atoms with E-state index >= 15 is 0 Å². The molecule has 0 spiro atoms. The van der Waals surface area contributed by atoms with Crippen molar-refractivity contribution in [3.8, 4) is 0 Å². The van der Waals surface area contributed by atoms with E-state index in [1.165, 1.54) is 7.11 Å². The van der Waals surface area contributed by atoms with E-state index < -0.39 is 5.97 Å². The third-order valence-corrected chi connectivity index (χ3v) is 1.17. The number of esters is 1. The summed E-state index contributed by atoms with van der Waals surface area (Å²) in [5, 5.41) is 0. The van der Waals surface area contributed by atoms with Gasteiger partial charge in [0.25, 0.3) is 0 Å². The van der Waals surface area contributed by atoms with Gasteiger partial charge in [-0.2, -0.15) is 0 Å². The number of hydrogen-bond acceptors (Lipinski definition) is 3. The molecule has 13 heavy (non-hydrogen) atoms. The third-order valence-electron chi connectivity index (χ3n) is 1.17. The van der Waals surface area contributed by atoms with E-state index in [0.29, 0.717) is 0 Å². The van der Waals surface area contributed by atoms with E-state index in [2.05, 4.69) is 11.3 Å². The summed E-state index contributed by atoms with van der Waals surface area (Å²) in [6, 6.07) is 9.49. The van der Waals surface area contributed by atoms with Gasteiger partial charge in [-0.3, -0.25) is 0 Å². The van der Waals surface area contributed by atoms with Crippen LogP contribution in [0.1, 0.15) is 0 Å². The monoisotopic (exact) mass is 179 g/mol. The van der Waals surface area contributed by atoms with Crippen molar-refractivity contribution < 1.29 is 9.53 Å². The number of hydrogen-bond donors (Lipinski definition) is 1. The number of carbonyl (C=O) groups excluding carboxylic acids is 1. The van der Waals surface area contributed by atoms with E-state index in [-0.39, 0.29) is 0 Å². The minimum atomic E-state index is -0.394. The molecule has 0 radical (unpaired) electrons. The topological polar surface area (TPSA) is 52.3 Å². The van der Waals surface area contributed by atoms with Crippen LogP contribution in [0.2, 0.25) is 0 Å². The van der Waals surface area contributed by atoms with Gasteiger partial charge in [0, 0.05) is 11.8 Å². The maximum Gasteiger partial charge on any atom is 0.329 e. The first kappa shape index (κ1) is 11.2. The molecule has 0 aliphatic heterocycles. The minimum absolute atomic E-state index is 0.394.